The Labute approximate surface area is 279 Å². The molecule has 0 spiro atoms. The molecule has 10 heteroatoms. The van der Waals surface area contributed by atoms with Gasteiger partial charge in [-0.25, -0.2) is 9.37 Å². The van der Waals surface area contributed by atoms with Crippen molar-refractivity contribution in [3.8, 4) is 0 Å². The highest BCUT2D eigenvalue weighted by Gasteiger charge is 2.34. The van der Waals surface area contributed by atoms with E-state index >= 15 is 0 Å². The highest BCUT2D eigenvalue weighted by molar-refractivity contribution is 5.70. The third kappa shape index (κ3) is 7.79. The molecule has 1 saturated heterocycles. The Balaban J connectivity index is 1.34. The van der Waals surface area contributed by atoms with Gasteiger partial charge in [0.25, 0.3) is 0 Å². The summed E-state index contributed by atoms with van der Waals surface area (Å²) in [5.74, 6) is 1.10. The van der Waals surface area contributed by atoms with Gasteiger partial charge in [0.2, 0.25) is 5.95 Å². The highest BCUT2D eigenvalue weighted by atomic mass is 19.1. The van der Waals surface area contributed by atoms with Crippen LogP contribution in [0.5, 0.6) is 0 Å². The smallest absolute Gasteiger partial charge is 0.306 e. The van der Waals surface area contributed by atoms with Gasteiger partial charge < -0.3 is 20.2 Å². The number of anilines is 2. The third-order valence-electron chi connectivity index (χ3n) is 11.1. The zero-order chi connectivity index (χ0) is 32.9. The van der Waals surface area contributed by atoms with Gasteiger partial charge in [-0.2, -0.15) is 10.1 Å². The quantitative estimate of drug-likeness (QED) is 0.221. The molecular weight excluding hydrogens is 593 g/mol. The molecule has 1 saturated carbocycles. The fraction of sp³-hybridized carbons (Fsp3) is 0.622. The lowest BCUT2D eigenvalue weighted by atomic mass is 9.77. The van der Waals surface area contributed by atoms with Crippen LogP contribution in [0.1, 0.15) is 106 Å². The zero-order valence-electron chi connectivity index (χ0n) is 28.4. The summed E-state index contributed by atoms with van der Waals surface area (Å²) in [5, 5.41) is 18.1. The Hall–Kier alpha value is -3.53. The van der Waals surface area contributed by atoms with Crippen LogP contribution in [0.4, 0.5) is 16.2 Å². The van der Waals surface area contributed by atoms with Crippen LogP contribution in [-0.4, -0.2) is 68.4 Å². The van der Waals surface area contributed by atoms with E-state index in [-0.39, 0.29) is 29.7 Å². The molecule has 2 N–H and O–H groups in total. The van der Waals surface area contributed by atoms with Crippen LogP contribution in [0.3, 0.4) is 0 Å². The molecular formula is C37H52FN7O2. The molecule has 3 aliphatic rings. The number of halogens is 1. The number of piperidine rings is 1. The Bertz CT molecular complexity index is 1500. The minimum Gasteiger partial charge on any atom is -0.481 e. The number of aliphatic carboxylic acids is 1. The summed E-state index contributed by atoms with van der Waals surface area (Å²) >= 11 is 0. The Morgan fingerprint density at radius 3 is 2.57 bits per heavy atom. The number of benzene rings is 1. The van der Waals surface area contributed by atoms with Gasteiger partial charge in [-0.1, -0.05) is 25.5 Å². The molecule has 0 bridgehead atoms. The van der Waals surface area contributed by atoms with E-state index in [4.69, 9.17) is 9.97 Å². The number of aryl methyl sites for hydroxylation is 2. The van der Waals surface area contributed by atoms with Crippen LogP contribution in [0.2, 0.25) is 0 Å². The first kappa shape index (κ1) is 33.4. The SMILES string of the molecule is CC[C@H](C1CCC(C(=O)O)CC1)N(C)c1nc2c(c(N[C@@H](CN3CCCCC3)c3cnn(CC)c3)n1)C[C@@H](c1cccc(F)c1)CC2. The molecule has 6 rings (SSSR count). The summed E-state index contributed by atoms with van der Waals surface area (Å²) in [4.78, 5) is 27.0. The molecule has 2 aliphatic carbocycles. The molecule has 0 amide bonds. The van der Waals surface area contributed by atoms with E-state index < -0.39 is 5.97 Å². The molecule has 0 radical (unpaired) electrons. The summed E-state index contributed by atoms with van der Waals surface area (Å²) in [6.45, 7) is 8.20. The van der Waals surface area contributed by atoms with Gasteiger partial charge in [-0.3, -0.25) is 9.48 Å². The second-order valence-electron chi connectivity index (χ2n) is 14.0. The first-order chi connectivity index (χ1) is 22.8. The summed E-state index contributed by atoms with van der Waals surface area (Å²) in [6, 6.07) is 7.27. The Kier molecular flexibility index (Phi) is 10.7. The topological polar surface area (TPSA) is 99.4 Å². The van der Waals surface area contributed by atoms with Crippen LogP contribution in [-0.2, 0) is 24.2 Å². The number of carboxylic acid groups (broad SMARTS) is 1. The van der Waals surface area contributed by atoms with E-state index in [1.54, 1.807) is 6.07 Å². The van der Waals surface area contributed by atoms with Crippen molar-refractivity contribution >= 4 is 17.7 Å². The van der Waals surface area contributed by atoms with Crippen molar-refractivity contribution in [2.24, 2.45) is 11.8 Å². The molecule has 3 atom stereocenters. The predicted octanol–water partition coefficient (Wildman–Crippen LogP) is 6.85. The monoisotopic (exact) mass is 645 g/mol. The van der Waals surface area contributed by atoms with E-state index in [0.29, 0.717) is 5.92 Å². The average Bonchev–Trinajstić information content (AvgIpc) is 3.58. The van der Waals surface area contributed by atoms with Crippen LogP contribution >= 0.6 is 0 Å². The van der Waals surface area contributed by atoms with Gasteiger partial charge in [-0.15, -0.1) is 0 Å². The fourth-order valence-electron chi connectivity index (χ4n) is 8.27. The van der Waals surface area contributed by atoms with Gasteiger partial charge in [0, 0.05) is 43.5 Å². The summed E-state index contributed by atoms with van der Waals surface area (Å²) in [5.41, 5.74) is 4.38. The maximum absolute atomic E-state index is 14.3. The number of rotatable bonds is 12. The molecule has 2 aromatic heterocycles. The van der Waals surface area contributed by atoms with E-state index in [1.165, 1.54) is 25.3 Å². The number of aromatic nitrogens is 4. The summed E-state index contributed by atoms with van der Waals surface area (Å²) < 4.78 is 16.3. The zero-order valence-corrected chi connectivity index (χ0v) is 28.4. The molecule has 1 aromatic carbocycles. The van der Waals surface area contributed by atoms with E-state index in [0.717, 1.165) is 112 Å². The number of nitrogens with one attached hydrogen (secondary N) is 1. The molecule has 3 heterocycles. The number of hydrogen-bond acceptors (Lipinski definition) is 7. The van der Waals surface area contributed by atoms with Crippen LogP contribution in [0.25, 0.3) is 0 Å². The Morgan fingerprint density at radius 1 is 1.11 bits per heavy atom. The first-order valence-electron chi connectivity index (χ1n) is 17.9. The average molecular weight is 646 g/mol. The lowest BCUT2D eigenvalue weighted by molar-refractivity contribution is -0.143. The molecule has 254 valence electrons. The summed E-state index contributed by atoms with van der Waals surface area (Å²) in [7, 11) is 2.11. The van der Waals surface area contributed by atoms with Crippen molar-refractivity contribution < 1.29 is 14.3 Å². The van der Waals surface area contributed by atoms with Crippen LogP contribution in [0, 0.1) is 17.7 Å². The largest absolute Gasteiger partial charge is 0.481 e. The number of carboxylic acids is 1. The number of hydrogen-bond donors (Lipinski definition) is 2. The maximum Gasteiger partial charge on any atom is 0.306 e. The molecule has 9 nitrogen and oxygen atoms in total. The van der Waals surface area contributed by atoms with E-state index in [9.17, 15) is 14.3 Å². The fourth-order valence-corrected chi connectivity index (χ4v) is 8.27. The van der Waals surface area contributed by atoms with Crippen molar-refractivity contribution in [2.75, 3.05) is 36.9 Å². The molecule has 3 aromatic rings. The van der Waals surface area contributed by atoms with Crippen LogP contribution in [0.15, 0.2) is 36.7 Å². The molecule has 0 unspecified atom stereocenters. The minimum atomic E-state index is -0.668. The summed E-state index contributed by atoms with van der Waals surface area (Å²) in [6.07, 6.45) is 14.6. The van der Waals surface area contributed by atoms with Crippen molar-refractivity contribution in [1.29, 1.82) is 0 Å². The second kappa shape index (κ2) is 15.1. The van der Waals surface area contributed by atoms with Gasteiger partial charge in [0.1, 0.15) is 11.6 Å². The van der Waals surface area contributed by atoms with Gasteiger partial charge in [0.15, 0.2) is 0 Å². The van der Waals surface area contributed by atoms with Crippen molar-refractivity contribution in [3.63, 3.8) is 0 Å². The van der Waals surface area contributed by atoms with Crippen LogP contribution < -0.4 is 10.2 Å². The third-order valence-corrected chi connectivity index (χ3v) is 11.1. The number of nitrogens with zero attached hydrogens (tertiary/aromatic N) is 6. The highest BCUT2D eigenvalue weighted by Crippen LogP contribution is 2.39. The van der Waals surface area contributed by atoms with Crippen molar-refractivity contribution in [2.45, 2.75) is 109 Å². The molecule has 47 heavy (non-hydrogen) atoms. The second-order valence-corrected chi connectivity index (χ2v) is 14.0. The van der Waals surface area contributed by atoms with Gasteiger partial charge >= 0.3 is 5.97 Å². The number of carbonyl (C=O) groups is 1. The van der Waals surface area contributed by atoms with Gasteiger partial charge in [-0.05, 0) is 114 Å². The predicted molar refractivity (Wildman–Crippen MR) is 183 cm³/mol. The number of fused-ring (bicyclic) bond motifs is 1. The van der Waals surface area contributed by atoms with Crippen molar-refractivity contribution in [3.05, 3.63) is 64.9 Å². The first-order valence-corrected chi connectivity index (χ1v) is 17.9. The lowest BCUT2D eigenvalue weighted by Crippen LogP contribution is -2.41. The lowest BCUT2D eigenvalue weighted by Gasteiger charge is -2.38. The Morgan fingerprint density at radius 2 is 1.89 bits per heavy atom. The minimum absolute atomic E-state index is 0.00775. The normalized spacial score (nSPS) is 23.1. The number of likely N-dealkylation sites (tertiary alicyclic amines) is 1. The van der Waals surface area contributed by atoms with E-state index in [1.807, 2.05) is 23.0 Å². The molecule has 2 fully saturated rings. The maximum atomic E-state index is 14.3. The van der Waals surface area contributed by atoms with E-state index in [2.05, 4.69) is 47.3 Å². The van der Waals surface area contributed by atoms with Gasteiger partial charge in [0.05, 0.1) is 23.9 Å². The molecule has 1 aliphatic heterocycles. The van der Waals surface area contributed by atoms with Crippen molar-refractivity contribution in [1.82, 2.24) is 24.6 Å². The standard InChI is InChI=1S/C37H52FN7O2/c1-4-34(25-12-14-26(15-13-25)36(46)47)43(3)37-41-32-17-16-28(27-10-9-11-30(38)20-27)21-31(32)35(42-37)40-33(24-44-18-7-6-8-19-44)29-22-39-45(5-2)23-29/h9-11,20,22-23,25-26,28,33-34H,4-8,12-19,21,24H2,1-3H3,(H,46,47)(H,40,41,42)/t25?,26?,28-,33-,34+/m0/s1.